The van der Waals surface area contributed by atoms with Gasteiger partial charge in [-0.05, 0) is 22.8 Å². The number of carbonyl (C=O) groups excluding carboxylic acids is 4. The molecule has 3 aromatic carbocycles. The molecular formula is C36H35F2N5O11. The Morgan fingerprint density at radius 3 is 1.89 bits per heavy atom. The van der Waals surface area contributed by atoms with Crippen molar-refractivity contribution >= 4 is 30.1 Å². The van der Waals surface area contributed by atoms with Crippen LogP contribution >= 0.6 is 0 Å². The van der Waals surface area contributed by atoms with Crippen molar-refractivity contribution < 1.29 is 56.4 Å². The van der Waals surface area contributed by atoms with Gasteiger partial charge in [-0.3, -0.25) is 14.7 Å². The lowest BCUT2D eigenvalue weighted by Crippen LogP contribution is -2.45. The third kappa shape index (κ3) is 11.3. The van der Waals surface area contributed by atoms with Crippen molar-refractivity contribution in [3.8, 4) is 0 Å². The van der Waals surface area contributed by atoms with Gasteiger partial charge in [0.15, 0.2) is 0 Å². The van der Waals surface area contributed by atoms with Crippen LogP contribution in [0, 0.1) is 0 Å². The second-order valence-corrected chi connectivity index (χ2v) is 11.5. The number of nitrogens with one attached hydrogen (secondary N) is 3. The lowest BCUT2D eigenvalue weighted by atomic mass is 10.1. The van der Waals surface area contributed by atoms with Crippen molar-refractivity contribution in [2.75, 3.05) is 25.2 Å². The number of aromatic nitrogens is 2. The van der Waals surface area contributed by atoms with E-state index in [9.17, 15) is 24.0 Å². The van der Waals surface area contributed by atoms with Crippen LogP contribution in [0.1, 0.15) is 22.9 Å². The quantitative estimate of drug-likeness (QED) is 0.0677. The van der Waals surface area contributed by atoms with Gasteiger partial charge in [0, 0.05) is 6.20 Å². The molecule has 3 N–H and O–H groups in total. The molecule has 0 spiro atoms. The highest BCUT2D eigenvalue weighted by Gasteiger charge is 2.62. The van der Waals surface area contributed by atoms with Crippen molar-refractivity contribution in [2.24, 2.45) is 0 Å². The van der Waals surface area contributed by atoms with Gasteiger partial charge in [-0.15, -0.1) is 0 Å². The summed E-state index contributed by atoms with van der Waals surface area (Å²) in [5.41, 5.74) is 0.763. The third-order valence-corrected chi connectivity index (χ3v) is 7.56. The van der Waals surface area contributed by atoms with Gasteiger partial charge in [-0.2, -0.15) is 13.8 Å². The van der Waals surface area contributed by atoms with Crippen molar-refractivity contribution in [2.45, 2.75) is 44.2 Å². The second-order valence-electron chi connectivity index (χ2n) is 11.5. The molecule has 1 aliphatic rings. The summed E-state index contributed by atoms with van der Waals surface area (Å²) >= 11 is 0. The predicted octanol–water partition coefficient (Wildman–Crippen LogP) is 4.26. The average Bonchev–Trinajstić information content (AvgIpc) is 3.42. The molecule has 54 heavy (non-hydrogen) atoms. The number of amides is 3. The summed E-state index contributed by atoms with van der Waals surface area (Å²) < 4.78 is 63.4. The molecule has 2 heterocycles. The second kappa shape index (κ2) is 18.9. The molecule has 1 fully saturated rings. The minimum absolute atomic E-state index is 0.0134. The summed E-state index contributed by atoms with van der Waals surface area (Å²) in [6, 6.07) is 27.1. The van der Waals surface area contributed by atoms with Crippen LogP contribution in [0.15, 0.2) is 108 Å². The van der Waals surface area contributed by atoms with Crippen LogP contribution in [0.2, 0.25) is 0 Å². The van der Waals surface area contributed by atoms with Crippen LogP contribution in [0.25, 0.3) is 0 Å². The van der Waals surface area contributed by atoms with E-state index >= 15 is 8.78 Å². The van der Waals surface area contributed by atoms with Gasteiger partial charge < -0.3 is 39.1 Å². The van der Waals surface area contributed by atoms with Gasteiger partial charge in [0.05, 0.1) is 6.61 Å². The maximum absolute atomic E-state index is 16.0. The smallest absolute Gasteiger partial charge is 0.445 e. The molecule has 3 atom stereocenters. The average molecular weight is 752 g/mol. The number of halogens is 2. The van der Waals surface area contributed by atoms with E-state index in [4.69, 9.17) is 28.4 Å². The highest BCUT2D eigenvalue weighted by molar-refractivity contribution is 5.83. The molecule has 0 aliphatic carbocycles. The molecular weight excluding hydrogens is 716 g/mol. The fourth-order valence-electron chi connectivity index (χ4n) is 4.92. The number of alkyl halides is 2. The van der Waals surface area contributed by atoms with E-state index in [1.54, 1.807) is 91.0 Å². The summed E-state index contributed by atoms with van der Waals surface area (Å²) in [7, 11) is 0. The van der Waals surface area contributed by atoms with E-state index in [-0.39, 0.29) is 25.6 Å². The van der Waals surface area contributed by atoms with Crippen LogP contribution in [-0.2, 0) is 53.0 Å². The lowest BCUT2D eigenvalue weighted by Gasteiger charge is -2.24. The molecule has 16 nitrogen and oxygen atoms in total. The normalized spacial score (nSPS) is 17.1. The Morgan fingerprint density at radius 1 is 0.759 bits per heavy atom. The maximum Gasteiger partial charge on any atom is 0.509 e. The molecule has 0 radical (unpaired) electrons. The first-order chi connectivity index (χ1) is 26.1. The molecule has 18 heteroatoms. The zero-order valence-electron chi connectivity index (χ0n) is 28.4. The van der Waals surface area contributed by atoms with Gasteiger partial charge in [-0.25, -0.2) is 19.2 Å². The standard InChI is InChI=1S/C36H35F2N5O11/c37-36(38)30(54-35(48)52-21-26-14-8-3-9-15-26)27(22-49-23-40-29(44)18-39-33(46)50-19-24-10-4-1-5-11-24)53-31(36)43-17-16-28(41-32(43)45)42-34(47)51-20-25-12-6-2-7-13-25/h1-17,27,30-31H,18-23H2,(H,39,46)(H,40,44)(H,41,42,45,47)/t27-,30-,31-/m1/s1. The SMILES string of the molecule is O=C(CNC(=O)OCc1ccccc1)NCOC[C@H]1O[C@@H](n2ccc(NC(=O)OCc3ccccc3)nc2=O)C(F)(F)[C@@H]1OC(=O)OCc1ccccc1. The summed E-state index contributed by atoms with van der Waals surface area (Å²) in [6.07, 6.45) is -8.70. The molecule has 1 aliphatic heterocycles. The van der Waals surface area contributed by atoms with Crippen molar-refractivity contribution in [3.05, 3.63) is 130 Å². The molecule has 3 amide bonds. The Morgan fingerprint density at radius 2 is 1.31 bits per heavy atom. The zero-order valence-corrected chi connectivity index (χ0v) is 28.4. The third-order valence-electron chi connectivity index (χ3n) is 7.56. The number of rotatable bonds is 15. The van der Waals surface area contributed by atoms with Crippen LogP contribution in [-0.4, -0.2) is 71.8 Å². The van der Waals surface area contributed by atoms with Gasteiger partial charge in [0.25, 0.3) is 0 Å². The van der Waals surface area contributed by atoms with Crippen LogP contribution in [0.3, 0.4) is 0 Å². The van der Waals surface area contributed by atoms with E-state index in [1.165, 1.54) is 0 Å². The monoisotopic (exact) mass is 751 g/mol. The molecule has 4 aromatic rings. The van der Waals surface area contributed by atoms with E-state index in [2.05, 4.69) is 20.9 Å². The Balaban J connectivity index is 1.17. The lowest BCUT2D eigenvalue weighted by molar-refractivity contribution is -0.146. The largest absolute Gasteiger partial charge is 0.509 e. The van der Waals surface area contributed by atoms with Gasteiger partial charge in [0.1, 0.15) is 45.0 Å². The maximum atomic E-state index is 16.0. The fourth-order valence-corrected chi connectivity index (χ4v) is 4.92. The summed E-state index contributed by atoms with van der Waals surface area (Å²) in [4.78, 5) is 65.5. The number of ether oxygens (including phenoxy) is 6. The number of nitrogens with zero attached hydrogens (tertiary/aromatic N) is 2. The van der Waals surface area contributed by atoms with E-state index in [0.717, 1.165) is 17.8 Å². The first-order valence-electron chi connectivity index (χ1n) is 16.3. The number of alkyl carbamates (subject to hydrolysis) is 1. The van der Waals surface area contributed by atoms with Crippen molar-refractivity contribution in [1.82, 2.24) is 20.2 Å². The highest BCUT2D eigenvalue weighted by atomic mass is 19.3. The predicted molar refractivity (Wildman–Crippen MR) is 183 cm³/mol. The molecule has 284 valence electrons. The highest BCUT2D eigenvalue weighted by Crippen LogP contribution is 2.44. The number of hydrogen-bond donors (Lipinski definition) is 3. The van der Waals surface area contributed by atoms with Gasteiger partial charge >= 0.3 is 30.0 Å². The molecule has 1 aromatic heterocycles. The number of anilines is 1. The Hall–Kier alpha value is -6.40. The Labute approximate surface area is 306 Å². The summed E-state index contributed by atoms with van der Waals surface area (Å²) in [5, 5.41) is 6.84. The molecule has 0 unspecified atom stereocenters. The van der Waals surface area contributed by atoms with E-state index in [0.29, 0.717) is 15.7 Å². The number of hydrogen-bond acceptors (Lipinski definition) is 12. The van der Waals surface area contributed by atoms with Gasteiger partial charge in [0.2, 0.25) is 18.2 Å². The minimum Gasteiger partial charge on any atom is -0.445 e. The molecule has 0 bridgehead atoms. The van der Waals surface area contributed by atoms with E-state index < -0.39 is 74.2 Å². The van der Waals surface area contributed by atoms with Crippen LogP contribution in [0.5, 0.6) is 0 Å². The Bertz CT molecular complexity index is 1920. The van der Waals surface area contributed by atoms with Crippen molar-refractivity contribution in [1.29, 1.82) is 0 Å². The first kappa shape index (κ1) is 38.8. The van der Waals surface area contributed by atoms with E-state index in [1.807, 2.05) is 0 Å². The van der Waals surface area contributed by atoms with Gasteiger partial charge in [-0.1, -0.05) is 91.0 Å². The minimum atomic E-state index is -4.05. The van der Waals surface area contributed by atoms with Crippen LogP contribution in [0.4, 0.5) is 29.0 Å². The van der Waals surface area contributed by atoms with Crippen LogP contribution < -0.4 is 21.6 Å². The number of benzene rings is 3. The topological polar surface area (TPSA) is 195 Å². The molecule has 1 saturated heterocycles. The first-order valence-corrected chi connectivity index (χ1v) is 16.3. The summed E-state index contributed by atoms with van der Waals surface area (Å²) in [5.74, 6) is -5.04. The summed E-state index contributed by atoms with van der Waals surface area (Å²) in [6.45, 7) is -2.04. The van der Waals surface area contributed by atoms with Crippen molar-refractivity contribution in [3.63, 3.8) is 0 Å². The number of carbonyl (C=O) groups is 4. The molecule has 0 saturated carbocycles. The Kier molecular flexibility index (Phi) is 13.6. The molecule has 5 rings (SSSR count). The zero-order chi connectivity index (χ0) is 38.3. The fraction of sp³-hybridized carbons (Fsp3) is 0.278.